The minimum Gasteiger partial charge on any atom is -0.355 e. The van der Waals surface area contributed by atoms with Crippen LogP contribution >= 0.6 is 23.5 Å². The Morgan fingerprint density at radius 2 is 1.19 bits per heavy atom. The van der Waals surface area contributed by atoms with E-state index in [-0.39, 0.29) is 10.8 Å². The van der Waals surface area contributed by atoms with Crippen molar-refractivity contribution in [2.24, 2.45) is 0 Å². The molecule has 1 aliphatic carbocycles. The molecule has 1 aromatic heterocycles. The van der Waals surface area contributed by atoms with Gasteiger partial charge in [0.1, 0.15) is 0 Å². The standard InChI is InChI=1S/C53H43BN2S2/c1-30-23-39-40(53(4,5)22-21-52(39,2)3)28-42(30)55-43-29-48-47(57-45-19-10-11-20-46(45)58-48)27-36(43)38-25-33-15-8-9-16-34(33)51-49(38)54-41-18-12-17-35-37-24-31-13-6-7-14-32(31)26-44(37)56(51)50(35)41/h6-20,23-29,54-55H,21-22H2,1-5H3. The summed E-state index contributed by atoms with van der Waals surface area (Å²) in [4.78, 5) is 5.26. The highest BCUT2D eigenvalue weighted by Gasteiger charge is 2.38. The van der Waals surface area contributed by atoms with Crippen LogP contribution in [0.4, 0.5) is 11.4 Å². The zero-order chi connectivity index (χ0) is 39.1. The van der Waals surface area contributed by atoms with Crippen molar-refractivity contribution < 1.29 is 0 Å². The molecule has 1 N–H and O–H groups in total. The van der Waals surface area contributed by atoms with Gasteiger partial charge >= 0.3 is 0 Å². The highest BCUT2D eigenvalue weighted by molar-refractivity contribution is 8.05. The van der Waals surface area contributed by atoms with E-state index in [1.807, 2.05) is 23.5 Å². The lowest BCUT2D eigenvalue weighted by Gasteiger charge is -2.42. The van der Waals surface area contributed by atoms with Gasteiger partial charge in [0.15, 0.2) is 7.28 Å². The molecule has 280 valence electrons. The van der Waals surface area contributed by atoms with Gasteiger partial charge in [-0.25, -0.2) is 0 Å². The first-order valence-electron chi connectivity index (χ1n) is 20.7. The van der Waals surface area contributed by atoms with Crippen LogP contribution in [0.1, 0.15) is 57.2 Å². The summed E-state index contributed by atoms with van der Waals surface area (Å²) in [7, 11) is 0.866. The average molecular weight is 783 g/mol. The number of anilines is 2. The van der Waals surface area contributed by atoms with Crippen molar-refractivity contribution >= 4 is 96.5 Å². The molecule has 5 heteroatoms. The van der Waals surface area contributed by atoms with Crippen LogP contribution in [-0.2, 0) is 10.8 Å². The Bertz CT molecular complexity index is 3260. The fourth-order valence-corrected chi connectivity index (χ4v) is 12.6. The van der Waals surface area contributed by atoms with E-state index in [1.165, 1.54) is 126 Å². The summed E-state index contributed by atoms with van der Waals surface area (Å²) in [5.41, 5.74) is 16.1. The van der Waals surface area contributed by atoms with Crippen molar-refractivity contribution in [3.8, 4) is 16.8 Å². The number of nitrogens with zero attached hydrogens (tertiary/aromatic N) is 1. The van der Waals surface area contributed by atoms with E-state index in [2.05, 4.69) is 178 Å². The molecule has 0 fully saturated rings. The number of nitrogens with one attached hydrogen (secondary N) is 1. The summed E-state index contributed by atoms with van der Waals surface area (Å²) < 4.78 is 2.61. The Kier molecular flexibility index (Phi) is 7.37. The van der Waals surface area contributed by atoms with Gasteiger partial charge < -0.3 is 9.88 Å². The second-order valence-corrected chi connectivity index (χ2v) is 20.3. The molecule has 2 nitrogen and oxygen atoms in total. The molecule has 0 amide bonds. The molecular weight excluding hydrogens is 740 g/mol. The Balaban J connectivity index is 1.14. The van der Waals surface area contributed by atoms with Crippen LogP contribution in [0.5, 0.6) is 0 Å². The van der Waals surface area contributed by atoms with Gasteiger partial charge in [-0.05, 0) is 123 Å². The molecule has 0 radical (unpaired) electrons. The smallest absolute Gasteiger partial charge is 0.198 e. The van der Waals surface area contributed by atoms with Crippen molar-refractivity contribution in [3.05, 3.63) is 150 Å². The number of fused-ring (bicyclic) bond motifs is 11. The molecule has 0 saturated carbocycles. The number of rotatable bonds is 3. The van der Waals surface area contributed by atoms with Crippen LogP contribution < -0.4 is 16.2 Å². The van der Waals surface area contributed by atoms with E-state index in [1.54, 1.807) is 0 Å². The fraction of sp³-hybridized carbons (Fsp3) is 0.170. The molecule has 58 heavy (non-hydrogen) atoms. The van der Waals surface area contributed by atoms with E-state index in [0.29, 0.717) is 0 Å². The molecule has 0 saturated heterocycles. The average Bonchev–Trinajstić information content (AvgIpc) is 3.55. The van der Waals surface area contributed by atoms with Crippen molar-refractivity contribution in [3.63, 3.8) is 0 Å². The zero-order valence-electron chi connectivity index (χ0n) is 33.6. The third kappa shape index (κ3) is 5.09. The predicted octanol–water partition coefficient (Wildman–Crippen LogP) is 13.5. The first-order valence-corrected chi connectivity index (χ1v) is 22.3. The summed E-state index contributed by atoms with van der Waals surface area (Å²) in [6, 6.07) is 50.9. The van der Waals surface area contributed by atoms with E-state index in [0.717, 1.165) is 13.0 Å². The SMILES string of the molecule is Cc1cc2c(cc1Nc1cc3c(cc1-c1cc4ccccc4c4c1Bc1cccc5c6cc7ccccc7cc6n-4c15)Sc1ccccc1S3)C(C)(C)CCC2(C)C. The fourth-order valence-electron chi connectivity index (χ4n) is 10.3. The minimum atomic E-state index is 0.116. The molecule has 3 heterocycles. The van der Waals surface area contributed by atoms with Crippen LogP contribution in [0.3, 0.4) is 0 Å². The molecule has 12 rings (SSSR count). The van der Waals surface area contributed by atoms with Gasteiger partial charge in [-0.3, -0.25) is 0 Å². The second-order valence-electron chi connectivity index (χ2n) is 18.1. The van der Waals surface area contributed by atoms with E-state index >= 15 is 0 Å². The number of hydrogen-bond donors (Lipinski definition) is 1. The van der Waals surface area contributed by atoms with E-state index in [4.69, 9.17) is 0 Å². The Morgan fingerprint density at radius 1 is 0.552 bits per heavy atom. The number of aromatic nitrogens is 1. The maximum absolute atomic E-state index is 4.14. The number of aryl methyl sites for hydroxylation is 1. The zero-order valence-corrected chi connectivity index (χ0v) is 35.2. The van der Waals surface area contributed by atoms with Crippen LogP contribution in [0, 0.1) is 6.92 Å². The molecule has 0 bridgehead atoms. The topological polar surface area (TPSA) is 17.0 Å². The highest BCUT2D eigenvalue weighted by Crippen LogP contribution is 2.53. The van der Waals surface area contributed by atoms with Crippen LogP contribution in [0.15, 0.2) is 153 Å². The summed E-state index contributed by atoms with van der Waals surface area (Å²) >= 11 is 3.80. The normalized spacial score (nSPS) is 15.8. The van der Waals surface area contributed by atoms with Gasteiger partial charge in [-0.1, -0.05) is 142 Å². The third-order valence-corrected chi connectivity index (χ3v) is 16.1. The van der Waals surface area contributed by atoms with Gasteiger partial charge in [0, 0.05) is 63.9 Å². The summed E-state index contributed by atoms with van der Waals surface area (Å²) in [5, 5.41) is 11.9. The monoisotopic (exact) mass is 782 g/mol. The van der Waals surface area contributed by atoms with E-state index < -0.39 is 0 Å². The van der Waals surface area contributed by atoms with Gasteiger partial charge in [-0.15, -0.1) is 0 Å². The first-order chi connectivity index (χ1) is 28.1. The molecule has 8 aromatic carbocycles. The minimum absolute atomic E-state index is 0.116. The molecule has 0 atom stereocenters. The van der Waals surface area contributed by atoms with Crippen molar-refractivity contribution in [1.29, 1.82) is 0 Å². The molecule has 0 unspecified atom stereocenters. The van der Waals surface area contributed by atoms with Crippen molar-refractivity contribution in [2.75, 3.05) is 5.32 Å². The van der Waals surface area contributed by atoms with Gasteiger partial charge in [-0.2, -0.15) is 0 Å². The molecule has 2 aliphatic heterocycles. The summed E-state index contributed by atoms with van der Waals surface area (Å²) in [6.07, 6.45) is 2.40. The lowest BCUT2D eigenvalue weighted by Crippen LogP contribution is -2.37. The predicted molar refractivity (Wildman–Crippen MR) is 252 cm³/mol. The van der Waals surface area contributed by atoms with Crippen LogP contribution in [0.2, 0.25) is 0 Å². The first kappa shape index (κ1) is 34.7. The summed E-state index contributed by atoms with van der Waals surface area (Å²) in [6.45, 7) is 12.0. The maximum atomic E-state index is 4.14. The molecule has 3 aliphatic rings. The number of benzene rings is 8. The Morgan fingerprint density at radius 3 is 1.95 bits per heavy atom. The Hall–Kier alpha value is -5.36. The lowest BCUT2D eigenvalue weighted by atomic mass is 9.58. The number of para-hydroxylation sites is 1. The molecular formula is C53H43BN2S2. The van der Waals surface area contributed by atoms with Gasteiger partial charge in [0.05, 0.1) is 5.52 Å². The highest BCUT2D eigenvalue weighted by atomic mass is 32.2. The lowest BCUT2D eigenvalue weighted by molar-refractivity contribution is 0.332. The van der Waals surface area contributed by atoms with Gasteiger partial charge in [0.2, 0.25) is 0 Å². The third-order valence-electron chi connectivity index (χ3n) is 13.6. The maximum Gasteiger partial charge on any atom is 0.198 e. The second kappa shape index (κ2) is 12.3. The summed E-state index contributed by atoms with van der Waals surface area (Å²) in [5.74, 6) is 0. The van der Waals surface area contributed by atoms with Gasteiger partial charge in [0.25, 0.3) is 0 Å². The largest absolute Gasteiger partial charge is 0.355 e. The van der Waals surface area contributed by atoms with Crippen molar-refractivity contribution in [1.82, 2.24) is 4.57 Å². The van der Waals surface area contributed by atoms with E-state index in [9.17, 15) is 0 Å². The molecule has 0 spiro atoms. The van der Waals surface area contributed by atoms with Crippen molar-refractivity contribution in [2.45, 2.75) is 77.9 Å². The van der Waals surface area contributed by atoms with Crippen LogP contribution in [-0.4, -0.2) is 11.8 Å². The Labute approximate surface area is 349 Å². The molecule has 9 aromatic rings. The number of hydrogen-bond acceptors (Lipinski definition) is 3. The van der Waals surface area contributed by atoms with Crippen LogP contribution in [0.25, 0.3) is 60.2 Å². The quantitative estimate of drug-likeness (QED) is 0.180.